The summed E-state index contributed by atoms with van der Waals surface area (Å²) in [6, 6.07) is 14.0. The molecule has 9 heteroatoms. The molecule has 2 aromatic heterocycles. The number of anilines is 2. The van der Waals surface area contributed by atoms with Crippen LogP contribution in [-0.2, 0) is 9.59 Å². The summed E-state index contributed by atoms with van der Waals surface area (Å²) in [6.45, 7) is 3.46. The van der Waals surface area contributed by atoms with Crippen molar-refractivity contribution in [3.05, 3.63) is 73.1 Å². The highest BCUT2D eigenvalue weighted by molar-refractivity contribution is 6.03. The molecule has 1 fully saturated rings. The number of nitrogens with one attached hydrogen (secondary N) is 4. The van der Waals surface area contributed by atoms with Crippen LogP contribution >= 0.6 is 0 Å². The number of hydrogen-bond donors (Lipinski definition) is 4. The predicted molar refractivity (Wildman–Crippen MR) is 129 cm³/mol. The predicted octanol–water partition coefficient (Wildman–Crippen LogP) is 3.52. The Bertz CT molecular complexity index is 1170. The second kappa shape index (κ2) is 10.6. The van der Waals surface area contributed by atoms with E-state index in [1.807, 2.05) is 0 Å². The number of amides is 3. The molecule has 0 spiro atoms. The van der Waals surface area contributed by atoms with E-state index in [0.29, 0.717) is 29.9 Å². The van der Waals surface area contributed by atoms with Crippen molar-refractivity contribution < 1.29 is 14.4 Å². The largest absolute Gasteiger partial charge is 0.350 e. The summed E-state index contributed by atoms with van der Waals surface area (Å²) in [5.41, 5.74) is 2.88. The number of nitrogens with zero attached hydrogens (tertiary/aromatic N) is 2. The smallest absolute Gasteiger partial charge is 0.274 e. The van der Waals surface area contributed by atoms with Gasteiger partial charge in [-0.25, -0.2) is 4.98 Å². The minimum Gasteiger partial charge on any atom is -0.350 e. The van der Waals surface area contributed by atoms with Crippen molar-refractivity contribution in [2.75, 3.05) is 10.6 Å². The Kier molecular flexibility index (Phi) is 7.12. The minimum absolute atomic E-state index is 0.0369. The van der Waals surface area contributed by atoms with E-state index < -0.39 is 0 Å². The van der Waals surface area contributed by atoms with Gasteiger partial charge in [0, 0.05) is 29.5 Å². The standard InChI is InChI=1S/C25H26N6O3/c1-2-23(32)27-17-8-6-16(7-9-17)24(33)28-18-10-12-19(13-11-18)29-25(34)22-5-3-4-20(30-22)21-14-15-26-31-21/h2-5,10-17H,1,6-9H2,(H,26,31)(H,27,32)(H,28,33)(H,29,34)/t16-,17-. The Morgan fingerprint density at radius 3 is 2.29 bits per heavy atom. The third kappa shape index (κ3) is 5.74. The number of pyridine rings is 1. The second-order valence-corrected chi connectivity index (χ2v) is 8.16. The Balaban J connectivity index is 1.29. The fourth-order valence-corrected chi connectivity index (χ4v) is 3.95. The van der Waals surface area contributed by atoms with Gasteiger partial charge in [0.2, 0.25) is 11.8 Å². The third-order valence-electron chi connectivity index (χ3n) is 5.80. The summed E-state index contributed by atoms with van der Waals surface area (Å²) in [5.74, 6) is -0.644. The minimum atomic E-state index is -0.335. The number of aromatic amines is 1. The molecule has 0 unspecified atom stereocenters. The van der Waals surface area contributed by atoms with Crippen molar-refractivity contribution in [3.8, 4) is 11.4 Å². The van der Waals surface area contributed by atoms with Gasteiger partial charge in [0.25, 0.3) is 5.91 Å². The first kappa shape index (κ1) is 22.9. The molecule has 4 rings (SSSR count). The average molecular weight is 459 g/mol. The monoisotopic (exact) mass is 458 g/mol. The van der Waals surface area contributed by atoms with Crippen LogP contribution in [0.25, 0.3) is 11.4 Å². The Labute approximate surface area is 197 Å². The van der Waals surface area contributed by atoms with Crippen molar-refractivity contribution in [3.63, 3.8) is 0 Å². The van der Waals surface area contributed by atoms with E-state index in [0.717, 1.165) is 18.5 Å². The molecule has 9 nitrogen and oxygen atoms in total. The van der Waals surface area contributed by atoms with Crippen LogP contribution in [0.2, 0.25) is 0 Å². The Hall–Kier alpha value is -4.27. The zero-order valence-corrected chi connectivity index (χ0v) is 18.6. The van der Waals surface area contributed by atoms with Crippen molar-refractivity contribution in [2.45, 2.75) is 31.7 Å². The van der Waals surface area contributed by atoms with Crippen LogP contribution in [0.4, 0.5) is 11.4 Å². The van der Waals surface area contributed by atoms with E-state index in [-0.39, 0.29) is 35.4 Å². The number of rotatable bonds is 7. The lowest BCUT2D eigenvalue weighted by atomic mass is 9.85. The Morgan fingerprint density at radius 1 is 0.941 bits per heavy atom. The van der Waals surface area contributed by atoms with E-state index in [1.165, 1.54) is 6.08 Å². The highest BCUT2D eigenvalue weighted by atomic mass is 16.2. The normalized spacial score (nSPS) is 17.4. The maximum atomic E-state index is 12.6. The molecule has 34 heavy (non-hydrogen) atoms. The Morgan fingerprint density at radius 2 is 1.65 bits per heavy atom. The lowest BCUT2D eigenvalue weighted by molar-refractivity contribution is -0.121. The molecule has 4 N–H and O–H groups in total. The summed E-state index contributed by atoms with van der Waals surface area (Å²) in [6.07, 6.45) is 5.84. The van der Waals surface area contributed by atoms with E-state index in [9.17, 15) is 14.4 Å². The second-order valence-electron chi connectivity index (χ2n) is 8.16. The maximum absolute atomic E-state index is 12.6. The molecule has 0 radical (unpaired) electrons. The highest BCUT2D eigenvalue weighted by Gasteiger charge is 2.26. The molecule has 0 atom stereocenters. The van der Waals surface area contributed by atoms with Crippen molar-refractivity contribution >= 4 is 29.1 Å². The van der Waals surface area contributed by atoms with Crippen molar-refractivity contribution in [1.82, 2.24) is 20.5 Å². The van der Waals surface area contributed by atoms with Crippen LogP contribution in [0, 0.1) is 5.92 Å². The molecule has 3 aromatic rings. The van der Waals surface area contributed by atoms with Gasteiger partial charge < -0.3 is 16.0 Å². The van der Waals surface area contributed by atoms with Crippen molar-refractivity contribution in [1.29, 1.82) is 0 Å². The zero-order chi connectivity index (χ0) is 23.9. The number of carbonyl (C=O) groups excluding carboxylic acids is 3. The molecule has 1 aromatic carbocycles. The molecule has 0 saturated heterocycles. The lowest BCUT2D eigenvalue weighted by Crippen LogP contribution is -2.38. The van der Waals surface area contributed by atoms with Gasteiger partial charge in [-0.05, 0) is 74.2 Å². The van der Waals surface area contributed by atoms with Crippen LogP contribution in [0.15, 0.2) is 67.4 Å². The van der Waals surface area contributed by atoms with Crippen LogP contribution in [0.1, 0.15) is 36.2 Å². The number of aromatic nitrogens is 3. The van der Waals surface area contributed by atoms with E-state index in [2.05, 4.69) is 37.7 Å². The fourth-order valence-electron chi connectivity index (χ4n) is 3.95. The van der Waals surface area contributed by atoms with E-state index >= 15 is 0 Å². The molecular formula is C25H26N6O3. The van der Waals surface area contributed by atoms with Crippen LogP contribution < -0.4 is 16.0 Å². The van der Waals surface area contributed by atoms with Gasteiger partial charge in [0.1, 0.15) is 5.69 Å². The van der Waals surface area contributed by atoms with Crippen LogP contribution in [0.5, 0.6) is 0 Å². The first-order chi connectivity index (χ1) is 16.5. The van der Waals surface area contributed by atoms with Gasteiger partial charge in [-0.1, -0.05) is 12.6 Å². The van der Waals surface area contributed by atoms with Crippen molar-refractivity contribution in [2.24, 2.45) is 5.92 Å². The summed E-state index contributed by atoms with van der Waals surface area (Å²) in [7, 11) is 0. The molecule has 3 amide bonds. The summed E-state index contributed by atoms with van der Waals surface area (Å²) in [4.78, 5) is 41.1. The number of carbonyl (C=O) groups is 3. The van der Waals surface area contributed by atoms with Gasteiger partial charge in [-0.3, -0.25) is 19.5 Å². The van der Waals surface area contributed by atoms with Gasteiger partial charge in [0.15, 0.2) is 0 Å². The average Bonchev–Trinajstić information content (AvgIpc) is 3.41. The number of H-pyrrole nitrogens is 1. The zero-order valence-electron chi connectivity index (χ0n) is 18.6. The lowest BCUT2D eigenvalue weighted by Gasteiger charge is -2.28. The topological polar surface area (TPSA) is 129 Å². The molecule has 174 valence electrons. The first-order valence-corrected chi connectivity index (χ1v) is 11.1. The number of hydrogen-bond acceptors (Lipinski definition) is 5. The molecule has 1 aliphatic carbocycles. The molecule has 0 aliphatic heterocycles. The van der Waals surface area contributed by atoms with Gasteiger partial charge in [-0.15, -0.1) is 0 Å². The first-order valence-electron chi connectivity index (χ1n) is 11.1. The van der Waals surface area contributed by atoms with E-state index in [1.54, 1.807) is 54.7 Å². The maximum Gasteiger partial charge on any atom is 0.274 e. The van der Waals surface area contributed by atoms with Gasteiger partial charge in [0.05, 0.1) is 11.4 Å². The van der Waals surface area contributed by atoms with Gasteiger partial charge >= 0.3 is 0 Å². The molecule has 0 bridgehead atoms. The highest BCUT2D eigenvalue weighted by Crippen LogP contribution is 2.26. The summed E-state index contributed by atoms with van der Waals surface area (Å²) >= 11 is 0. The molecule has 1 aliphatic rings. The SMILES string of the molecule is C=CC(=O)N[C@H]1CC[C@H](C(=O)Nc2ccc(NC(=O)c3cccc(-c4ccn[nH]4)n3)cc2)CC1. The molecule has 1 saturated carbocycles. The molecular weight excluding hydrogens is 432 g/mol. The third-order valence-corrected chi connectivity index (χ3v) is 5.80. The molecule has 2 heterocycles. The number of benzene rings is 1. The fraction of sp³-hybridized carbons (Fsp3) is 0.240. The summed E-state index contributed by atoms with van der Waals surface area (Å²) < 4.78 is 0. The van der Waals surface area contributed by atoms with Gasteiger partial charge in [-0.2, -0.15) is 5.10 Å². The van der Waals surface area contributed by atoms with Crippen LogP contribution in [0.3, 0.4) is 0 Å². The van der Waals surface area contributed by atoms with Crippen LogP contribution in [-0.4, -0.2) is 38.9 Å². The quantitative estimate of drug-likeness (QED) is 0.403. The summed E-state index contributed by atoms with van der Waals surface area (Å²) in [5, 5.41) is 15.4. The van der Waals surface area contributed by atoms with E-state index in [4.69, 9.17) is 0 Å².